The Hall–Kier alpha value is -0.610. The van der Waals surface area contributed by atoms with E-state index in [1.54, 1.807) is 0 Å². The highest BCUT2D eigenvalue weighted by Crippen LogP contribution is 2.20. The molecule has 15 heavy (non-hydrogen) atoms. The van der Waals surface area contributed by atoms with Gasteiger partial charge in [-0.3, -0.25) is 4.79 Å². The van der Waals surface area contributed by atoms with Crippen LogP contribution in [0.15, 0.2) is 0 Å². The lowest BCUT2D eigenvalue weighted by molar-refractivity contribution is -0.142. The quantitative estimate of drug-likeness (QED) is 0.741. The first-order chi connectivity index (χ1) is 6.91. The van der Waals surface area contributed by atoms with E-state index in [-0.39, 0.29) is 11.5 Å². The lowest BCUT2D eigenvalue weighted by Crippen LogP contribution is -2.48. The molecular formula is C11H21NO3. The van der Waals surface area contributed by atoms with Gasteiger partial charge in [0.15, 0.2) is 0 Å². The van der Waals surface area contributed by atoms with Crippen LogP contribution in [-0.4, -0.2) is 36.4 Å². The molecule has 2 atom stereocenters. The Morgan fingerprint density at radius 3 is 2.67 bits per heavy atom. The molecule has 1 saturated heterocycles. The first kappa shape index (κ1) is 12.5. The molecule has 0 saturated carbocycles. The summed E-state index contributed by atoms with van der Waals surface area (Å²) < 4.78 is 5.44. The number of carboxylic acid groups (broad SMARTS) is 1. The van der Waals surface area contributed by atoms with Crippen LogP contribution < -0.4 is 5.32 Å². The molecule has 0 amide bonds. The Bertz CT molecular complexity index is 216. The zero-order chi connectivity index (χ0) is 11.5. The maximum Gasteiger partial charge on any atom is 0.321 e. The summed E-state index contributed by atoms with van der Waals surface area (Å²) >= 11 is 0. The third-order valence-corrected chi connectivity index (χ3v) is 2.69. The van der Waals surface area contributed by atoms with Crippen LogP contribution >= 0.6 is 0 Å². The molecule has 2 unspecified atom stereocenters. The fourth-order valence-corrected chi connectivity index (χ4v) is 1.82. The van der Waals surface area contributed by atoms with Crippen molar-refractivity contribution in [3.63, 3.8) is 0 Å². The van der Waals surface area contributed by atoms with Crippen molar-refractivity contribution in [2.45, 2.75) is 45.8 Å². The van der Waals surface area contributed by atoms with Crippen molar-refractivity contribution in [3.8, 4) is 0 Å². The van der Waals surface area contributed by atoms with E-state index in [1.807, 2.05) is 20.8 Å². The zero-order valence-corrected chi connectivity index (χ0v) is 9.75. The van der Waals surface area contributed by atoms with Crippen LogP contribution in [0.25, 0.3) is 0 Å². The second kappa shape index (κ2) is 4.94. The molecule has 0 aromatic rings. The Labute approximate surface area is 91.0 Å². The van der Waals surface area contributed by atoms with Crippen molar-refractivity contribution in [3.05, 3.63) is 0 Å². The van der Waals surface area contributed by atoms with Crippen LogP contribution in [0.4, 0.5) is 0 Å². The van der Waals surface area contributed by atoms with E-state index in [2.05, 4.69) is 5.32 Å². The van der Waals surface area contributed by atoms with Crippen LogP contribution in [0.1, 0.15) is 33.6 Å². The van der Waals surface area contributed by atoms with Gasteiger partial charge in [-0.2, -0.15) is 0 Å². The fourth-order valence-electron chi connectivity index (χ4n) is 1.82. The Morgan fingerprint density at radius 2 is 2.27 bits per heavy atom. The van der Waals surface area contributed by atoms with Crippen molar-refractivity contribution in [1.29, 1.82) is 0 Å². The molecule has 2 N–H and O–H groups in total. The fraction of sp³-hybridized carbons (Fsp3) is 0.909. The van der Waals surface area contributed by atoms with Crippen LogP contribution in [0, 0.1) is 5.41 Å². The third-order valence-electron chi connectivity index (χ3n) is 2.69. The number of carboxylic acids is 1. The molecule has 88 valence electrons. The number of carbonyl (C=O) groups is 1. The topological polar surface area (TPSA) is 58.6 Å². The summed E-state index contributed by atoms with van der Waals surface area (Å²) in [6, 6.07) is -0.512. The molecule has 4 heteroatoms. The molecule has 1 aliphatic heterocycles. The van der Waals surface area contributed by atoms with Gasteiger partial charge >= 0.3 is 5.97 Å². The standard InChI is InChI=1S/C11H21NO3/c1-11(2,3)9(10(13)14)12-7-8-5-4-6-15-8/h8-9,12H,4-7H2,1-3H3,(H,13,14). The lowest BCUT2D eigenvalue weighted by Gasteiger charge is -2.28. The summed E-state index contributed by atoms with van der Waals surface area (Å²) in [6.07, 6.45) is 2.30. The number of rotatable bonds is 4. The summed E-state index contributed by atoms with van der Waals surface area (Å²) in [5.41, 5.74) is -0.273. The summed E-state index contributed by atoms with van der Waals surface area (Å²) in [4.78, 5) is 11.0. The second-order valence-corrected chi connectivity index (χ2v) is 5.18. The summed E-state index contributed by atoms with van der Waals surface area (Å²) in [6.45, 7) is 7.21. The van der Waals surface area contributed by atoms with Crippen molar-refractivity contribution in [2.75, 3.05) is 13.2 Å². The first-order valence-electron chi connectivity index (χ1n) is 5.49. The van der Waals surface area contributed by atoms with Crippen molar-refractivity contribution in [2.24, 2.45) is 5.41 Å². The van der Waals surface area contributed by atoms with E-state index >= 15 is 0 Å². The van der Waals surface area contributed by atoms with Gasteiger partial charge in [0.25, 0.3) is 0 Å². The monoisotopic (exact) mass is 215 g/mol. The average Bonchev–Trinajstić information content (AvgIpc) is 2.53. The molecule has 0 bridgehead atoms. The highest BCUT2D eigenvalue weighted by Gasteiger charge is 2.31. The van der Waals surface area contributed by atoms with Gasteiger partial charge in [-0.25, -0.2) is 0 Å². The predicted molar refractivity (Wildman–Crippen MR) is 57.9 cm³/mol. The SMILES string of the molecule is CC(C)(C)C(NCC1CCCO1)C(=O)O. The molecule has 1 fully saturated rings. The maximum absolute atomic E-state index is 11.0. The van der Waals surface area contributed by atoms with Gasteiger partial charge in [0.1, 0.15) is 6.04 Å². The average molecular weight is 215 g/mol. The van der Waals surface area contributed by atoms with Gasteiger partial charge in [0.05, 0.1) is 6.10 Å². The molecule has 0 aromatic carbocycles. The van der Waals surface area contributed by atoms with Crippen LogP contribution in [0.3, 0.4) is 0 Å². The summed E-state index contributed by atoms with van der Waals surface area (Å²) in [7, 11) is 0. The molecule has 0 aromatic heterocycles. The molecule has 1 heterocycles. The minimum Gasteiger partial charge on any atom is -0.480 e. The largest absolute Gasteiger partial charge is 0.480 e. The summed E-state index contributed by atoms with van der Waals surface area (Å²) in [5, 5.41) is 12.2. The normalized spacial score (nSPS) is 24.1. The molecular weight excluding hydrogens is 194 g/mol. The number of aliphatic carboxylic acids is 1. The molecule has 1 rings (SSSR count). The van der Waals surface area contributed by atoms with Gasteiger partial charge in [-0.1, -0.05) is 20.8 Å². The second-order valence-electron chi connectivity index (χ2n) is 5.18. The van der Waals surface area contributed by atoms with Gasteiger partial charge in [-0.15, -0.1) is 0 Å². The highest BCUT2D eigenvalue weighted by molar-refractivity contribution is 5.74. The first-order valence-corrected chi connectivity index (χ1v) is 5.49. The molecule has 0 aliphatic carbocycles. The maximum atomic E-state index is 11.0. The van der Waals surface area contributed by atoms with E-state index in [4.69, 9.17) is 9.84 Å². The van der Waals surface area contributed by atoms with E-state index in [1.165, 1.54) is 0 Å². The van der Waals surface area contributed by atoms with E-state index in [0.717, 1.165) is 19.4 Å². The van der Waals surface area contributed by atoms with Crippen molar-refractivity contribution < 1.29 is 14.6 Å². The minimum absolute atomic E-state index is 0.189. The number of hydrogen-bond acceptors (Lipinski definition) is 3. The van der Waals surface area contributed by atoms with Crippen LogP contribution in [0.2, 0.25) is 0 Å². The predicted octanol–water partition coefficient (Wildman–Crippen LogP) is 1.25. The zero-order valence-electron chi connectivity index (χ0n) is 9.75. The smallest absolute Gasteiger partial charge is 0.321 e. The van der Waals surface area contributed by atoms with E-state index in [9.17, 15) is 4.79 Å². The molecule has 1 aliphatic rings. The van der Waals surface area contributed by atoms with Crippen LogP contribution in [-0.2, 0) is 9.53 Å². The minimum atomic E-state index is -0.791. The van der Waals surface area contributed by atoms with E-state index < -0.39 is 12.0 Å². The Kier molecular flexibility index (Phi) is 4.11. The Balaban J connectivity index is 2.41. The van der Waals surface area contributed by atoms with E-state index in [0.29, 0.717) is 6.54 Å². The molecule has 4 nitrogen and oxygen atoms in total. The summed E-state index contributed by atoms with van der Waals surface area (Å²) in [5.74, 6) is -0.791. The number of nitrogens with one attached hydrogen (secondary N) is 1. The van der Waals surface area contributed by atoms with Crippen LogP contribution in [0.5, 0.6) is 0 Å². The number of ether oxygens (including phenoxy) is 1. The van der Waals surface area contributed by atoms with Crippen molar-refractivity contribution in [1.82, 2.24) is 5.32 Å². The Morgan fingerprint density at radius 1 is 1.60 bits per heavy atom. The highest BCUT2D eigenvalue weighted by atomic mass is 16.5. The van der Waals surface area contributed by atoms with Gasteiger partial charge in [-0.05, 0) is 18.3 Å². The number of hydrogen-bond donors (Lipinski definition) is 2. The van der Waals surface area contributed by atoms with Gasteiger partial charge < -0.3 is 15.2 Å². The van der Waals surface area contributed by atoms with Gasteiger partial charge in [0, 0.05) is 13.2 Å². The molecule has 0 spiro atoms. The van der Waals surface area contributed by atoms with Crippen molar-refractivity contribution >= 4 is 5.97 Å². The lowest BCUT2D eigenvalue weighted by atomic mass is 9.86. The van der Waals surface area contributed by atoms with Gasteiger partial charge in [0.2, 0.25) is 0 Å². The molecule has 0 radical (unpaired) electrons. The third kappa shape index (κ3) is 3.80.